The number of nitrogens with one attached hydrogen (secondary N) is 2. The Bertz CT molecular complexity index is 507. The largest absolute Gasteiger partial charge is 0.496 e. The van der Waals surface area contributed by atoms with Crippen LogP contribution in [0.4, 0.5) is 0 Å². The van der Waals surface area contributed by atoms with Crippen LogP contribution in [-0.4, -0.2) is 37.2 Å². The summed E-state index contributed by atoms with van der Waals surface area (Å²) in [4.78, 5) is 4.66. The van der Waals surface area contributed by atoms with Crippen molar-refractivity contribution in [1.29, 1.82) is 0 Å². The smallest absolute Gasteiger partial charge is 0.191 e. The molecule has 4 nitrogen and oxygen atoms in total. The highest BCUT2D eigenvalue weighted by Gasteiger charge is 2.16. The van der Waals surface area contributed by atoms with Gasteiger partial charge in [0, 0.05) is 17.8 Å². The molecule has 132 valence electrons. The number of thioether (sulfide) groups is 1. The van der Waals surface area contributed by atoms with Crippen LogP contribution in [0.5, 0.6) is 5.75 Å². The molecule has 0 atom stereocenters. The van der Waals surface area contributed by atoms with Crippen molar-refractivity contribution in [3.8, 4) is 5.75 Å². The minimum atomic E-state index is 0. The van der Waals surface area contributed by atoms with Crippen LogP contribution in [-0.2, 0) is 6.54 Å². The molecule has 6 heteroatoms. The van der Waals surface area contributed by atoms with E-state index in [1.807, 2.05) is 24.8 Å². The van der Waals surface area contributed by atoms with Crippen LogP contribution in [0.25, 0.3) is 0 Å². The number of halogens is 1. The Morgan fingerprint density at radius 1 is 1.30 bits per heavy atom. The van der Waals surface area contributed by atoms with Gasteiger partial charge in [-0.05, 0) is 51.1 Å². The van der Waals surface area contributed by atoms with Crippen molar-refractivity contribution in [2.75, 3.05) is 26.5 Å². The maximum atomic E-state index is 5.36. The van der Waals surface area contributed by atoms with Gasteiger partial charge in [-0.15, -0.1) is 24.0 Å². The van der Waals surface area contributed by atoms with Crippen molar-refractivity contribution in [3.05, 3.63) is 29.3 Å². The first-order chi connectivity index (χ1) is 10.4. The maximum absolute atomic E-state index is 5.36. The number of nitrogens with zero attached hydrogens (tertiary/aromatic N) is 1. The molecule has 0 heterocycles. The normalized spacial score (nSPS) is 11.7. The van der Waals surface area contributed by atoms with Crippen LogP contribution < -0.4 is 15.4 Å². The van der Waals surface area contributed by atoms with E-state index in [0.717, 1.165) is 35.9 Å². The zero-order chi connectivity index (χ0) is 16.6. The van der Waals surface area contributed by atoms with Gasteiger partial charge in [0.15, 0.2) is 5.96 Å². The zero-order valence-corrected chi connectivity index (χ0v) is 18.2. The molecule has 0 aliphatic heterocycles. The van der Waals surface area contributed by atoms with Crippen LogP contribution in [0.15, 0.2) is 23.2 Å². The summed E-state index contributed by atoms with van der Waals surface area (Å²) in [7, 11) is 1.70. The number of ether oxygens (including phenoxy) is 1. The third-order valence-corrected chi connectivity index (χ3v) is 4.72. The van der Waals surface area contributed by atoms with Gasteiger partial charge in [-0.25, -0.2) is 4.99 Å². The molecule has 23 heavy (non-hydrogen) atoms. The van der Waals surface area contributed by atoms with Crippen LogP contribution in [0, 0.1) is 6.92 Å². The second kappa shape index (κ2) is 11.0. The highest BCUT2D eigenvalue weighted by Crippen LogP contribution is 2.20. The molecule has 0 aromatic heterocycles. The molecular formula is C17H30IN3OS. The number of guanidine groups is 1. The highest BCUT2D eigenvalue weighted by molar-refractivity contribution is 14.0. The van der Waals surface area contributed by atoms with Gasteiger partial charge in [0.25, 0.3) is 0 Å². The average Bonchev–Trinajstić information content (AvgIpc) is 2.51. The van der Waals surface area contributed by atoms with Crippen molar-refractivity contribution in [2.24, 2.45) is 4.99 Å². The Hall–Kier alpha value is -0.630. The van der Waals surface area contributed by atoms with Gasteiger partial charge >= 0.3 is 0 Å². The molecule has 0 fully saturated rings. The van der Waals surface area contributed by atoms with Crippen molar-refractivity contribution in [3.63, 3.8) is 0 Å². The van der Waals surface area contributed by atoms with Gasteiger partial charge in [-0.1, -0.05) is 12.1 Å². The number of aliphatic imine (C=N–C) groups is 1. The van der Waals surface area contributed by atoms with E-state index >= 15 is 0 Å². The molecule has 1 rings (SSSR count). The molecule has 0 saturated heterocycles. The first-order valence-corrected chi connectivity index (χ1v) is 8.85. The fourth-order valence-electron chi connectivity index (χ4n) is 1.84. The third kappa shape index (κ3) is 8.15. The predicted molar refractivity (Wildman–Crippen MR) is 114 cm³/mol. The second-order valence-corrected chi connectivity index (χ2v) is 7.33. The molecule has 0 amide bonds. The lowest BCUT2D eigenvalue weighted by Gasteiger charge is -2.23. The molecule has 0 bridgehead atoms. The standard InChI is InChI=1S/C17H29N3OS.HI/c1-7-18-16(20-12-17(3,4)22-6)19-11-14-9-8-13(2)15(10-14)21-5;/h8-10H,7,11-12H2,1-6H3,(H2,18,19,20);1H. The summed E-state index contributed by atoms with van der Waals surface area (Å²) in [6.45, 7) is 10.9. The van der Waals surface area contributed by atoms with E-state index in [4.69, 9.17) is 4.74 Å². The quantitative estimate of drug-likeness (QED) is 0.376. The van der Waals surface area contributed by atoms with Gasteiger partial charge in [0.1, 0.15) is 5.75 Å². The molecule has 0 aliphatic rings. The lowest BCUT2D eigenvalue weighted by atomic mass is 10.1. The summed E-state index contributed by atoms with van der Waals surface area (Å²) in [5, 5.41) is 6.70. The Morgan fingerprint density at radius 3 is 2.57 bits per heavy atom. The molecule has 0 spiro atoms. The number of hydrogen-bond donors (Lipinski definition) is 2. The molecule has 0 radical (unpaired) electrons. The number of methoxy groups -OCH3 is 1. The van der Waals surface area contributed by atoms with E-state index < -0.39 is 0 Å². The van der Waals surface area contributed by atoms with E-state index in [1.54, 1.807) is 7.11 Å². The van der Waals surface area contributed by atoms with E-state index in [-0.39, 0.29) is 28.7 Å². The number of rotatable bonds is 7. The predicted octanol–water partition coefficient (Wildman–Crippen LogP) is 3.82. The monoisotopic (exact) mass is 451 g/mol. The maximum Gasteiger partial charge on any atom is 0.191 e. The fourth-order valence-corrected chi connectivity index (χ4v) is 2.06. The van der Waals surface area contributed by atoms with Crippen LogP contribution >= 0.6 is 35.7 Å². The molecule has 2 N–H and O–H groups in total. The number of benzene rings is 1. The lowest BCUT2D eigenvalue weighted by Crippen LogP contribution is -2.43. The van der Waals surface area contributed by atoms with Crippen molar-refractivity contribution < 1.29 is 4.74 Å². The Labute approximate surface area is 162 Å². The molecular weight excluding hydrogens is 421 g/mol. The zero-order valence-electron chi connectivity index (χ0n) is 15.0. The lowest BCUT2D eigenvalue weighted by molar-refractivity contribution is 0.411. The van der Waals surface area contributed by atoms with Crippen LogP contribution in [0.1, 0.15) is 31.9 Å². The van der Waals surface area contributed by atoms with E-state index in [9.17, 15) is 0 Å². The average molecular weight is 451 g/mol. The van der Waals surface area contributed by atoms with Gasteiger partial charge < -0.3 is 15.4 Å². The SMILES string of the molecule is CCNC(=NCc1ccc(C)c(OC)c1)NCC(C)(C)SC.I. The fraction of sp³-hybridized carbons (Fsp3) is 0.588. The minimum Gasteiger partial charge on any atom is -0.496 e. The van der Waals surface area contributed by atoms with E-state index in [1.165, 1.54) is 0 Å². The molecule has 0 unspecified atom stereocenters. The molecule has 0 aliphatic carbocycles. The summed E-state index contributed by atoms with van der Waals surface area (Å²) in [6, 6.07) is 6.21. The van der Waals surface area contributed by atoms with Crippen LogP contribution in [0.3, 0.4) is 0 Å². The van der Waals surface area contributed by atoms with Gasteiger partial charge in [-0.3, -0.25) is 0 Å². The number of hydrogen-bond acceptors (Lipinski definition) is 3. The van der Waals surface area contributed by atoms with Crippen molar-refractivity contribution >= 4 is 41.7 Å². The summed E-state index contributed by atoms with van der Waals surface area (Å²) < 4.78 is 5.55. The summed E-state index contributed by atoms with van der Waals surface area (Å²) in [5.74, 6) is 1.76. The van der Waals surface area contributed by atoms with Gasteiger partial charge in [0.05, 0.1) is 13.7 Å². The van der Waals surface area contributed by atoms with Crippen molar-refractivity contribution in [1.82, 2.24) is 10.6 Å². The van der Waals surface area contributed by atoms with Gasteiger partial charge in [-0.2, -0.15) is 11.8 Å². The second-order valence-electron chi connectivity index (χ2n) is 5.82. The molecule has 0 saturated carbocycles. The molecule has 1 aromatic rings. The van der Waals surface area contributed by atoms with Crippen molar-refractivity contribution in [2.45, 2.75) is 39.0 Å². The number of aryl methyl sites for hydroxylation is 1. The summed E-state index contributed by atoms with van der Waals surface area (Å²) in [5.41, 5.74) is 2.28. The topological polar surface area (TPSA) is 45.7 Å². The van der Waals surface area contributed by atoms with E-state index in [2.05, 4.69) is 54.8 Å². The highest BCUT2D eigenvalue weighted by atomic mass is 127. The Kier molecular flexibility index (Phi) is 10.7. The molecule has 1 aromatic carbocycles. The first-order valence-electron chi connectivity index (χ1n) is 7.62. The van der Waals surface area contributed by atoms with Crippen LogP contribution in [0.2, 0.25) is 0 Å². The summed E-state index contributed by atoms with van der Waals surface area (Å²) >= 11 is 1.85. The summed E-state index contributed by atoms with van der Waals surface area (Å²) in [6.07, 6.45) is 2.13. The Morgan fingerprint density at radius 2 is 2.00 bits per heavy atom. The van der Waals surface area contributed by atoms with E-state index in [0.29, 0.717) is 6.54 Å². The first kappa shape index (κ1) is 22.4. The van der Waals surface area contributed by atoms with Gasteiger partial charge in [0.2, 0.25) is 0 Å². The Balaban J connectivity index is 0.00000484. The third-order valence-electron chi connectivity index (χ3n) is 3.47. The minimum absolute atomic E-state index is 0.